The first-order valence-electron chi connectivity index (χ1n) is 6.18. The van der Waals surface area contributed by atoms with Crippen LogP contribution in [0, 0.1) is 12.8 Å². The number of aryl methyl sites for hydroxylation is 1. The molecule has 0 atom stereocenters. The average Bonchev–Trinajstić information content (AvgIpc) is 2.60. The topological polar surface area (TPSA) is 43.8 Å². The number of hydrogen-bond acceptors (Lipinski definition) is 2. The molecule has 2 rings (SSSR count). The highest BCUT2D eigenvalue weighted by atomic mass is 79.9. The smallest absolute Gasteiger partial charge is 0.131 e. The van der Waals surface area contributed by atoms with Crippen LogP contribution in [0.2, 0.25) is 5.02 Å². The Morgan fingerprint density at radius 3 is 2.68 bits per heavy atom. The Kier molecular flexibility index (Phi) is 4.21. The molecule has 0 saturated heterocycles. The van der Waals surface area contributed by atoms with Crippen molar-refractivity contribution in [3.63, 3.8) is 0 Å². The van der Waals surface area contributed by atoms with Crippen LogP contribution in [0.4, 0.5) is 5.82 Å². The quantitative estimate of drug-likeness (QED) is 0.891. The van der Waals surface area contributed by atoms with Crippen LogP contribution in [0.5, 0.6) is 0 Å². The second-order valence-corrected chi connectivity index (χ2v) is 6.29. The van der Waals surface area contributed by atoms with E-state index in [1.54, 1.807) is 0 Å². The summed E-state index contributed by atoms with van der Waals surface area (Å²) in [5.74, 6) is 2.15. The van der Waals surface area contributed by atoms with Crippen molar-refractivity contribution in [3.8, 4) is 11.3 Å². The van der Waals surface area contributed by atoms with Gasteiger partial charge in [-0.05, 0) is 40.9 Å². The third-order valence-corrected chi connectivity index (χ3v) is 4.17. The van der Waals surface area contributed by atoms with E-state index in [2.05, 4.69) is 39.3 Å². The highest BCUT2D eigenvalue weighted by Gasteiger charge is 2.15. The Morgan fingerprint density at radius 1 is 1.42 bits per heavy atom. The maximum atomic E-state index is 6.22. The van der Waals surface area contributed by atoms with Crippen LogP contribution in [0.3, 0.4) is 0 Å². The van der Waals surface area contributed by atoms with Gasteiger partial charge in [0.2, 0.25) is 0 Å². The second-order valence-electron chi connectivity index (χ2n) is 5.03. The Morgan fingerprint density at radius 2 is 2.11 bits per heavy atom. The fraction of sp³-hybridized carbons (Fsp3) is 0.357. The highest BCUT2D eigenvalue weighted by Crippen LogP contribution is 2.32. The average molecular weight is 343 g/mol. The van der Waals surface area contributed by atoms with Gasteiger partial charge in [0, 0.05) is 16.6 Å². The summed E-state index contributed by atoms with van der Waals surface area (Å²) in [4.78, 5) is 4.57. The van der Waals surface area contributed by atoms with Gasteiger partial charge in [0.05, 0.1) is 5.02 Å². The van der Waals surface area contributed by atoms with Crippen molar-refractivity contribution in [1.82, 2.24) is 9.55 Å². The monoisotopic (exact) mass is 341 g/mol. The van der Waals surface area contributed by atoms with Crippen molar-refractivity contribution >= 4 is 33.3 Å². The van der Waals surface area contributed by atoms with Gasteiger partial charge in [-0.15, -0.1) is 0 Å². The number of hydrogen-bond donors (Lipinski definition) is 1. The van der Waals surface area contributed by atoms with Gasteiger partial charge in [0.1, 0.15) is 17.3 Å². The second kappa shape index (κ2) is 5.55. The molecule has 3 nitrogen and oxygen atoms in total. The SMILES string of the molecule is Cc1nc(-c2ccc(Br)c(Cl)c2)c(N)n1CC(C)C. The first-order chi connectivity index (χ1) is 8.90. The van der Waals surface area contributed by atoms with E-state index >= 15 is 0 Å². The van der Waals surface area contributed by atoms with Crippen molar-refractivity contribution in [2.45, 2.75) is 27.3 Å². The molecular weight excluding hydrogens is 326 g/mol. The molecule has 0 aliphatic heterocycles. The summed E-state index contributed by atoms with van der Waals surface area (Å²) in [6, 6.07) is 5.76. The molecule has 0 aliphatic rings. The lowest BCUT2D eigenvalue weighted by atomic mass is 10.1. The molecule has 2 N–H and O–H groups in total. The van der Waals surface area contributed by atoms with Gasteiger partial charge in [0.15, 0.2) is 0 Å². The third kappa shape index (κ3) is 2.95. The molecule has 102 valence electrons. The number of nitrogen functional groups attached to an aromatic ring is 1. The number of nitrogens with two attached hydrogens (primary N) is 1. The number of halogens is 2. The summed E-state index contributed by atoms with van der Waals surface area (Å²) >= 11 is 9.51. The van der Waals surface area contributed by atoms with Crippen molar-refractivity contribution in [2.24, 2.45) is 5.92 Å². The zero-order chi connectivity index (χ0) is 14.2. The standard InChI is InChI=1S/C14H17BrClN3/c1-8(2)7-19-9(3)18-13(14(19)17)10-4-5-11(15)12(16)6-10/h4-6,8H,7,17H2,1-3H3. The van der Waals surface area contributed by atoms with E-state index in [1.165, 1.54) is 0 Å². The summed E-state index contributed by atoms with van der Waals surface area (Å²) in [5.41, 5.74) is 7.96. The third-order valence-electron chi connectivity index (χ3n) is 2.94. The van der Waals surface area contributed by atoms with E-state index < -0.39 is 0 Å². The molecule has 5 heteroatoms. The first kappa shape index (κ1) is 14.4. The number of aromatic nitrogens is 2. The maximum absolute atomic E-state index is 6.22. The van der Waals surface area contributed by atoms with Crippen LogP contribution in [-0.4, -0.2) is 9.55 Å². The molecule has 19 heavy (non-hydrogen) atoms. The lowest BCUT2D eigenvalue weighted by Gasteiger charge is -2.10. The Labute approximate surface area is 126 Å². The molecule has 0 aliphatic carbocycles. The number of nitrogens with zero attached hydrogens (tertiary/aromatic N) is 2. The summed E-state index contributed by atoms with van der Waals surface area (Å²) in [6.45, 7) is 7.17. The number of benzene rings is 1. The molecule has 2 aromatic rings. The predicted octanol–water partition coefficient (Wildman–Crippen LogP) is 4.51. The molecule has 1 aromatic heterocycles. The van der Waals surface area contributed by atoms with Crippen LogP contribution in [0.15, 0.2) is 22.7 Å². The fourth-order valence-electron chi connectivity index (χ4n) is 2.03. The van der Waals surface area contributed by atoms with Crippen LogP contribution in [0.25, 0.3) is 11.3 Å². The van der Waals surface area contributed by atoms with E-state index in [1.807, 2.05) is 25.1 Å². The van der Waals surface area contributed by atoms with Crippen molar-refractivity contribution in [2.75, 3.05) is 5.73 Å². The van der Waals surface area contributed by atoms with E-state index in [0.29, 0.717) is 16.8 Å². The van der Waals surface area contributed by atoms with Gasteiger partial charge in [-0.2, -0.15) is 0 Å². The number of anilines is 1. The molecule has 0 unspecified atom stereocenters. The molecule has 0 bridgehead atoms. The minimum absolute atomic E-state index is 0.525. The predicted molar refractivity (Wildman–Crippen MR) is 84.4 cm³/mol. The van der Waals surface area contributed by atoms with Gasteiger partial charge in [-0.3, -0.25) is 0 Å². The summed E-state index contributed by atoms with van der Waals surface area (Å²) in [5, 5.41) is 0.660. The summed E-state index contributed by atoms with van der Waals surface area (Å²) in [7, 11) is 0. The van der Waals surface area contributed by atoms with Crippen LogP contribution in [-0.2, 0) is 6.54 Å². The van der Waals surface area contributed by atoms with Crippen molar-refractivity contribution < 1.29 is 0 Å². The summed E-state index contributed by atoms with van der Waals surface area (Å²) < 4.78 is 2.92. The normalized spacial score (nSPS) is 11.3. The molecular formula is C14H17BrClN3. The number of imidazole rings is 1. The van der Waals surface area contributed by atoms with E-state index in [4.69, 9.17) is 17.3 Å². The largest absolute Gasteiger partial charge is 0.383 e. The highest BCUT2D eigenvalue weighted by molar-refractivity contribution is 9.10. The lowest BCUT2D eigenvalue weighted by Crippen LogP contribution is -2.09. The summed E-state index contributed by atoms with van der Waals surface area (Å²) in [6.07, 6.45) is 0. The Bertz CT molecular complexity index is 605. The number of rotatable bonds is 3. The molecule has 0 spiro atoms. The molecule has 1 aromatic carbocycles. The van der Waals surface area contributed by atoms with Gasteiger partial charge >= 0.3 is 0 Å². The fourth-order valence-corrected chi connectivity index (χ4v) is 2.46. The van der Waals surface area contributed by atoms with Crippen molar-refractivity contribution in [3.05, 3.63) is 33.5 Å². The van der Waals surface area contributed by atoms with Gasteiger partial charge < -0.3 is 10.3 Å². The van der Waals surface area contributed by atoms with Gasteiger partial charge in [-0.25, -0.2) is 4.98 Å². The van der Waals surface area contributed by atoms with Crippen LogP contribution >= 0.6 is 27.5 Å². The maximum Gasteiger partial charge on any atom is 0.131 e. The Balaban J connectivity index is 2.48. The molecule has 1 heterocycles. The van der Waals surface area contributed by atoms with Gasteiger partial charge in [0.25, 0.3) is 0 Å². The molecule has 0 radical (unpaired) electrons. The zero-order valence-electron chi connectivity index (χ0n) is 11.2. The molecule has 0 fully saturated rings. The molecule has 0 amide bonds. The first-order valence-corrected chi connectivity index (χ1v) is 7.35. The molecule has 0 saturated carbocycles. The zero-order valence-corrected chi connectivity index (χ0v) is 13.6. The van der Waals surface area contributed by atoms with Crippen LogP contribution < -0.4 is 5.73 Å². The van der Waals surface area contributed by atoms with Crippen molar-refractivity contribution in [1.29, 1.82) is 0 Å². The van der Waals surface area contributed by atoms with Gasteiger partial charge in [-0.1, -0.05) is 31.5 Å². The van der Waals surface area contributed by atoms with E-state index in [-0.39, 0.29) is 0 Å². The van der Waals surface area contributed by atoms with Crippen LogP contribution in [0.1, 0.15) is 19.7 Å². The Hall–Kier alpha value is -1.00. The minimum atomic E-state index is 0.525. The van der Waals surface area contributed by atoms with E-state index in [0.717, 1.165) is 28.1 Å². The minimum Gasteiger partial charge on any atom is -0.383 e. The van der Waals surface area contributed by atoms with E-state index in [9.17, 15) is 0 Å². The lowest BCUT2D eigenvalue weighted by molar-refractivity contribution is 0.518.